The number of methoxy groups -OCH3 is 2. The molecule has 0 N–H and O–H groups in total. The van der Waals surface area contributed by atoms with Gasteiger partial charge in [-0.2, -0.15) is 4.89 Å². The molecule has 0 fully saturated rings. The fourth-order valence-corrected chi connectivity index (χ4v) is 1.41. The van der Waals surface area contributed by atoms with Crippen LogP contribution in [0, 0.1) is 0 Å². The molecule has 0 saturated heterocycles. The lowest BCUT2D eigenvalue weighted by atomic mass is 10.2. The van der Waals surface area contributed by atoms with E-state index < -0.39 is 5.97 Å². The van der Waals surface area contributed by atoms with Crippen molar-refractivity contribution in [2.45, 2.75) is 13.3 Å². The largest absolute Gasteiger partial charge is 0.497 e. The van der Waals surface area contributed by atoms with Gasteiger partial charge in [-0.25, -0.2) is 4.79 Å². The molecule has 6 heteroatoms. The fraction of sp³-hybridized carbons (Fsp3) is 0.500. The topological polar surface area (TPSA) is 63.2 Å². The number of hydrogen-bond donors (Lipinski definition) is 0. The van der Waals surface area contributed by atoms with Gasteiger partial charge in [0, 0.05) is 12.7 Å². The molecule has 1 aromatic carbocycles. The van der Waals surface area contributed by atoms with Gasteiger partial charge in [0.15, 0.2) is 0 Å². The second-order valence-electron chi connectivity index (χ2n) is 3.91. The Morgan fingerprint density at radius 1 is 1.00 bits per heavy atom. The van der Waals surface area contributed by atoms with Gasteiger partial charge in [-0.3, -0.25) is 4.89 Å². The minimum atomic E-state index is -0.613. The van der Waals surface area contributed by atoms with Crippen LogP contribution in [0.25, 0.3) is 0 Å². The van der Waals surface area contributed by atoms with Crippen LogP contribution < -0.4 is 9.47 Å². The van der Waals surface area contributed by atoms with Crippen molar-refractivity contribution in [3.63, 3.8) is 0 Å². The van der Waals surface area contributed by atoms with E-state index in [1.807, 2.05) is 6.92 Å². The molecule has 6 nitrogen and oxygen atoms in total. The number of carbonyl (C=O) groups excluding carboxylic acids is 1. The van der Waals surface area contributed by atoms with Crippen LogP contribution in [-0.4, -0.2) is 40.0 Å². The molecule has 1 aromatic rings. The summed E-state index contributed by atoms with van der Waals surface area (Å²) in [7, 11) is 3.01. The second kappa shape index (κ2) is 9.17. The van der Waals surface area contributed by atoms with Crippen molar-refractivity contribution in [2.75, 3.05) is 34.0 Å². The average molecular weight is 284 g/mol. The van der Waals surface area contributed by atoms with Crippen LogP contribution in [0.2, 0.25) is 0 Å². The van der Waals surface area contributed by atoms with Gasteiger partial charge >= 0.3 is 5.97 Å². The Bertz CT molecular complexity index is 396. The van der Waals surface area contributed by atoms with E-state index in [2.05, 4.69) is 4.89 Å². The van der Waals surface area contributed by atoms with Gasteiger partial charge in [-0.05, 0) is 18.6 Å². The predicted octanol–water partition coefficient (Wildman–Crippen LogP) is 2.22. The summed E-state index contributed by atoms with van der Waals surface area (Å²) in [6.07, 6.45) is 0.934. The molecule has 0 bridgehead atoms. The molecule has 0 heterocycles. The molecule has 0 aliphatic carbocycles. The summed E-state index contributed by atoms with van der Waals surface area (Å²) in [6.45, 7) is 3.23. The van der Waals surface area contributed by atoms with Gasteiger partial charge in [0.05, 0.1) is 26.4 Å². The van der Waals surface area contributed by atoms with E-state index in [0.29, 0.717) is 24.7 Å². The highest BCUT2D eigenvalue weighted by atomic mass is 17.2. The highest BCUT2D eigenvalue weighted by Gasteiger charge is 2.12. The molecule has 1 rings (SSSR count). The van der Waals surface area contributed by atoms with Crippen molar-refractivity contribution in [3.05, 3.63) is 23.8 Å². The zero-order chi connectivity index (χ0) is 14.8. The molecule has 0 aromatic heterocycles. The number of carbonyl (C=O) groups is 1. The summed E-state index contributed by atoms with van der Waals surface area (Å²) in [5, 5.41) is 0. The standard InChI is InChI=1S/C14H20O6/c1-4-5-18-6-7-19-20-14(15)11-8-12(16-2)10-13(9-11)17-3/h8-10H,4-7H2,1-3H3. The Balaban J connectivity index is 2.46. The Labute approximate surface area is 118 Å². The third-order valence-electron chi connectivity index (χ3n) is 2.38. The van der Waals surface area contributed by atoms with Crippen LogP contribution in [0.3, 0.4) is 0 Å². The van der Waals surface area contributed by atoms with E-state index >= 15 is 0 Å². The highest BCUT2D eigenvalue weighted by molar-refractivity contribution is 5.90. The summed E-state index contributed by atoms with van der Waals surface area (Å²) < 4.78 is 15.3. The first-order valence-electron chi connectivity index (χ1n) is 6.35. The Morgan fingerprint density at radius 3 is 2.20 bits per heavy atom. The summed E-state index contributed by atoms with van der Waals surface area (Å²) in [6, 6.07) is 4.75. The lowest BCUT2D eigenvalue weighted by Gasteiger charge is -2.08. The van der Waals surface area contributed by atoms with Gasteiger partial charge in [0.25, 0.3) is 0 Å². The monoisotopic (exact) mass is 284 g/mol. The first-order valence-corrected chi connectivity index (χ1v) is 6.35. The van der Waals surface area contributed by atoms with Crippen LogP contribution in [0.1, 0.15) is 23.7 Å². The van der Waals surface area contributed by atoms with Gasteiger partial charge in [0.1, 0.15) is 18.1 Å². The van der Waals surface area contributed by atoms with Crippen LogP contribution in [-0.2, 0) is 14.5 Å². The Morgan fingerprint density at radius 2 is 1.65 bits per heavy atom. The molecule has 0 amide bonds. The van der Waals surface area contributed by atoms with E-state index in [9.17, 15) is 4.79 Å². The molecule has 112 valence electrons. The Kier molecular flexibility index (Phi) is 7.46. The summed E-state index contributed by atoms with van der Waals surface area (Å²) in [5.74, 6) is 0.392. The van der Waals surface area contributed by atoms with Gasteiger partial charge in [-0.15, -0.1) is 0 Å². The van der Waals surface area contributed by atoms with Crippen molar-refractivity contribution in [1.82, 2.24) is 0 Å². The first kappa shape index (κ1) is 16.3. The van der Waals surface area contributed by atoms with E-state index in [4.69, 9.17) is 19.1 Å². The maximum atomic E-state index is 11.8. The normalized spacial score (nSPS) is 10.2. The van der Waals surface area contributed by atoms with Crippen LogP contribution in [0.15, 0.2) is 18.2 Å². The third kappa shape index (κ3) is 5.46. The van der Waals surface area contributed by atoms with Crippen LogP contribution in [0.5, 0.6) is 11.5 Å². The predicted molar refractivity (Wildman–Crippen MR) is 72.0 cm³/mol. The summed E-state index contributed by atoms with van der Waals surface area (Å²) >= 11 is 0. The second-order valence-corrected chi connectivity index (χ2v) is 3.91. The van der Waals surface area contributed by atoms with Crippen LogP contribution in [0.4, 0.5) is 0 Å². The minimum Gasteiger partial charge on any atom is -0.497 e. The van der Waals surface area contributed by atoms with Crippen molar-refractivity contribution in [3.8, 4) is 11.5 Å². The summed E-state index contributed by atoms with van der Waals surface area (Å²) in [4.78, 5) is 21.2. The van der Waals surface area contributed by atoms with Crippen LogP contribution >= 0.6 is 0 Å². The quantitative estimate of drug-likeness (QED) is 0.393. The maximum Gasteiger partial charge on any atom is 0.373 e. The smallest absolute Gasteiger partial charge is 0.373 e. The number of hydrogen-bond acceptors (Lipinski definition) is 6. The van der Waals surface area contributed by atoms with Crippen molar-refractivity contribution < 1.29 is 28.8 Å². The molecule has 0 atom stereocenters. The molecular weight excluding hydrogens is 264 g/mol. The molecule has 0 aliphatic heterocycles. The van der Waals surface area contributed by atoms with Crippen molar-refractivity contribution in [1.29, 1.82) is 0 Å². The zero-order valence-corrected chi connectivity index (χ0v) is 12.0. The minimum absolute atomic E-state index is 0.187. The van der Waals surface area contributed by atoms with Crippen molar-refractivity contribution in [2.24, 2.45) is 0 Å². The lowest BCUT2D eigenvalue weighted by Crippen LogP contribution is -2.10. The van der Waals surface area contributed by atoms with Gasteiger partial charge in [0.2, 0.25) is 0 Å². The zero-order valence-electron chi connectivity index (χ0n) is 12.0. The SMILES string of the molecule is CCCOCCOOC(=O)c1cc(OC)cc(OC)c1. The van der Waals surface area contributed by atoms with Crippen molar-refractivity contribution >= 4 is 5.97 Å². The maximum absolute atomic E-state index is 11.8. The van der Waals surface area contributed by atoms with Gasteiger partial charge < -0.3 is 14.2 Å². The van der Waals surface area contributed by atoms with E-state index in [0.717, 1.165) is 6.42 Å². The van der Waals surface area contributed by atoms with E-state index in [-0.39, 0.29) is 12.2 Å². The first-order chi connectivity index (χ1) is 9.71. The molecule has 0 saturated carbocycles. The van der Waals surface area contributed by atoms with Gasteiger partial charge in [-0.1, -0.05) is 6.92 Å². The highest BCUT2D eigenvalue weighted by Crippen LogP contribution is 2.22. The fourth-order valence-electron chi connectivity index (χ4n) is 1.41. The number of rotatable bonds is 9. The number of ether oxygens (including phenoxy) is 3. The molecule has 0 radical (unpaired) electrons. The lowest BCUT2D eigenvalue weighted by molar-refractivity contribution is -0.247. The Hall–Kier alpha value is -1.79. The van der Waals surface area contributed by atoms with E-state index in [1.54, 1.807) is 18.2 Å². The average Bonchev–Trinajstić information content (AvgIpc) is 2.49. The van der Waals surface area contributed by atoms with E-state index in [1.165, 1.54) is 14.2 Å². The number of benzene rings is 1. The molecule has 0 aliphatic rings. The molecular formula is C14H20O6. The third-order valence-corrected chi connectivity index (χ3v) is 2.38. The molecule has 0 spiro atoms. The molecule has 20 heavy (non-hydrogen) atoms. The molecule has 0 unspecified atom stereocenters. The summed E-state index contributed by atoms with van der Waals surface area (Å²) in [5.41, 5.74) is 0.288.